The van der Waals surface area contributed by atoms with Crippen molar-refractivity contribution >= 4 is 28.7 Å². The Morgan fingerprint density at radius 1 is 1.28 bits per heavy atom. The van der Waals surface area contributed by atoms with Gasteiger partial charge in [0.1, 0.15) is 5.01 Å². The van der Waals surface area contributed by atoms with Gasteiger partial charge in [0.2, 0.25) is 0 Å². The number of anilines is 1. The third kappa shape index (κ3) is 1.95. The van der Waals surface area contributed by atoms with Gasteiger partial charge < -0.3 is 5.73 Å². The zero-order valence-corrected chi connectivity index (χ0v) is 11.5. The maximum absolute atomic E-state index is 5.82. The number of allylic oxidation sites excluding steroid dienone is 1. The third-order valence-corrected chi connectivity index (χ3v) is 4.50. The molecule has 0 atom stereocenters. The summed E-state index contributed by atoms with van der Waals surface area (Å²) in [7, 11) is 0. The zero-order valence-electron chi connectivity index (χ0n) is 10.7. The summed E-state index contributed by atoms with van der Waals surface area (Å²) in [5.41, 5.74) is 11.9. The molecule has 0 bridgehead atoms. The highest BCUT2D eigenvalue weighted by Gasteiger charge is 2.16. The van der Waals surface area contributed by atoms with E-state index in [1.54, 1.807) is 11.3 Å². The van der Waals surface area contributed by atoms with E-state index in [-0.39, 0.29) is 0 Å². The van der Waals surface area contributed by atoms with E-state index in [1.807, 2.05) is 6.07 Å². The Kier molecular flexibility index (Phi) is 2.71. The van der Waals surface area contributed by atoms with E-state index in [0.717, 1.165) is 29.2 Å². The van der Waals surface area contributed by atoms with Gasteiger partial charge in [0, 0.05) is 10.6 Å². The van der Waals surface area contributed by atoms with Crippen LogP contribution < -0.4 is 5.73 Å². The summed E-state index contributed by atoms with van der Waals surface area (Å²) in [4.78, 5) is 5.88. The van der Waals surface area contributed by atoms with Crippen molar-refractivity contribution in [2.24, 2.45) is 0 Å². The van der Waals surface area contributed by atoms with E-state index in [0.29, 0.717) is 0 Å². The molecule has 3 rings (SSSR count). The average molecular weight is 256 g/mol. The van der Waals surface area contributed by atoms with E-state index in [1.165, 1.54) is 21.6 Å². The standard InChI is InChI=1S/C15H16N2S/c1-9-10(2)18-15(17-9)8-12-4-3-11-7-13(16)5-6-14(11)12/h5-8H,3-4,16H2,1-2H3. The van der Waals surface area contributed by atoms with Gasteiger partial charge in [-0.1, -0.05) is 6.07 Å². The molecule has 1 aliphatic carbocycles. The molecule has 0 amide bonds. The van der Waals surface area contributed by atoms with Gasteiger partial charge in [0.15, 0.2) is 0 Å². The Hall–Kier alpha value is -1.61. The molecule has 1 aromatic carbocycles. The molecule has 1 aliphatic rings. The van der Waals surface area contributed by atoms with Gasteiger partial charge in [0.25, 0.3) is 0 Å². The molecule has 0 saturated heterocycles. The monoisotopic (exact) mass is 256 g/mol. The molecule has 1 aromatic heterocycles. The highest BCUT2D eigenvalue weighted by atomic mass is 32.1. The average Bonchev–Trinajstić information content (AvgIpc) is 2.84. The minimum absolute atomic E-state index is 0.857. The molecule has 0 unspecified atom stereocenters. The second-order valence-electron chi connectivity index (χ2n) is 4.78. The SMILES string of the molecule is Cc1nc(C=C2CCc3cc(N)ccc32)sc1C. The molecule has 2 aromatic rings. The van der Waals surface area contributed by atoms with Crippen molar-refractivity contribution in [3.63, 3.8) is 0 Å². The lowest BCUT2D eigenvalue weighted by Gasteiger charge is -2.01. The summed E-state index contributed by atoms with van der Waals surface area (Å²) in [6.45, 7) is 4.19. The molecule has 0 saturated carbocycles. The van der Waals surface area contributed by atoms with E-state index in [9.17, 15) is 0 Å². The van der Waals surface area contributed by atoms with Crippen LogP contribution in [0.5, 0.6) is 0 Å². The van der Waals surface area contributed by atoms with Gasteiger partial charge in [-0.3, -0.25) is 0 Å². The Morgan fingerprint density at radius 2 is 2.11 bits per heavy atom. The van der Waals surface area contributed by atoms with Crippen LogP contribution in [0, 0.1) is 13.8 Å². The van der Waals surface area contributed by atoms with Crippen LogP contribution in [0.25, 0.3) is 11.6 Å². The van der Waals surface area contributed by atoms with Crippen molar-refractivity contribution in [2.45, 2.75) is 26.7 Å². The van der Waals surface area contributed by atoms with Crippen LogP contribution in [0.1, 0.15) is 33.1 Å². The number of benzene rings is 1. The largest absolute Gasteiger partial charge is 0.399 e. The normalized spacial score (nSPS) is 16.2. The van der Waals surface area contributed by atoms with Crippen LogP contribution in [0.15, 0.2) is 18.2 Å². The third-order valence-electron chi connectivity index (χ3n) is 3.48. The number of aromatic nitrogens is 1. The molecule has 18 heavy (non-hydrogen) atoms. The number of fused-ring (bicyclic) bond motifs is 1. The van der Waals surface area contributed by atoms with Gasteiger partial charge >= 0.3 is 0 Å². The number of aryl methyl sites for hydroxylation is 3. The highest BCUT2D eigenvalue weighted by molar-refractivity contribution is 7.12. The van der Waals surface area contributed by atoms with Gasteiger partial charge in [-0.05, 0) is 61.6 Å². The number of nitrogen functional groups attached to an aromatic ring is 1. The predicted octanol–water partition coefficient (Wildman–Crippen LogP) is 3.83. The van der Waals surface area contributed by atoms with Gasteiger partial charge in [0.05, 0.1) is 5.69 Å². The molecule has 2 N–H and O–H groups in total. The van der Waals surface area contributed by atoms with E-state index in [2.05, 4.69) is 37.0 Å². The van der Waals surface area contributed by atoms with Gasteiger partial charge in [-0.15, -0.1) is 11.3 Å². The van der Waals surface area contributed by atoms with Crippen LogP contribution in [-0.4, -0.2) is 4.98 Å². The molecule has 0 spiro atoms. The molecule has 0 radical (unpaired) electrons. The highest BCUT2D eigenvalue weighted by Crippen LogP contribution is 2.35. The fourth-order valence-corrected chi connectivity index (χ4v) is 3.29. The fourth-order valence-electron chi connectivity index (χ4n) is 2.40. The zero-order chi connectivity index (χ0) is 12.7. The second-order valence-corrected chi connectivity index (χ2v) is 6.01. The second kappa shape index (κ2) is 4.25. The topological polar surface area (TPSA) is 38.9 Å². The number of nitrogens with zero attached hydrogens (tertiary/aromatic N) is 1. The smallest absolute Gasteiger partial charge is 0.116 e. The minimum atomic E-state index is 0.857. The summed E-state index contributed by atoms with van der Waals surface area (Å²) < 4.78 is 0. The number of hydrogen-bond donors (Lipinski definition) is 1. The Morgan fingerprint density at radius 3 is 2.83 bits per heavy atom. The van der Waals surface area contributed by atoms with Gasteiger partial charge in [-0.2, -0.15) is 0 Å². The molecule has 0 aliphatic heterocycles. The Bertz CT molecular complexity index is 618. The molecule has 1 heterocycles. The Balaban J connectivity index is 2.01. The predicted molar refractivity (Wildman–Crippen MR) is 78.6 cm³/mol. The van der Waals surface area contributed by atoms with Crippen molar-refractivity contribution in [3.05, 3.63) is 44.9 Å². The van der Waals surface area contributed by atoms with Crippen molar-refractivity contribution in [2.75, 3.05) is 5.73 Å². The summed E-state index contributed by atoms with van der Waals surface area (Å²) in [5, 5.41) is 1.12. The van der Waals surface area contributed by atoms with Crippen molar-refractivity contribution in [1.82, 2.24) is 4.98 Å². The van der Waals surface area contributed by atoms with Gasteiger partial charge in [-0.25, -0.2) is 4.98 Å². The fraction of sp³-hybridized carbons (Fsp3) is 0.267. The van der Waals surface area contributed by atoms with Crippen molar-refractivity contribution in [3.8, 4) is 0 Å². The lowest BCUT2D eigenvalue weighted by molar-refractivity contribution is 1.08. The number of nitrogens with two attached hydrogens (primary N) is 1. The van der Waals surface area contributed by atoms with Crippen LogP contribution in [0.2, 0.25) is 0 Å². The maximum Gasteiger partial charge on any atom is 0.116 e. The lowest BCUT2D eigenvalue weighted by atomic mass is 10.1. The summed E-state index contributed by atoms with van der Waals surface area (Å²) in [6.07, 6.45) is 4.42. The molecule has 3 heteroatoms. The van der Waals surface area contributed by atoms with E-state index >= 15 is 0 Å². The first kappa shape index (κ1) is 11.5. The Labute approximate surface area is 111 Å². The van der Waals surface area contributed by atoms with E-state index < -0.39 is 0 Å². The first-order valence-corrected chi connectivity index (χ1v) is 6.98. The van der Waals surface area contributed by atoms with Crippen LogP contribution >= 0.6 is 11.3 Å². The summed E-state index contributed by atoms with van der Waals surface area (Å²) >= 11 is 1.77. The number of rotatable bonds is 1. The summed E-state index contributed by atoms with van der Waals surface area (Å²) in [5.74, 6) is 0. The quantitative estimate of drug-likeness (QED) is 0.788. The van der Waals surface area contributed by atoms with E-state index in [4.69, 9.17) is 5.73 Å². The maximum atomic E-state index is 5.82. The van der Waals surface area contributed by atoms with Crippen LogP contribution in [0.3, 0.4) is 0 Å². The van der Waals surface area contributed by atoms with Crippen LogP contribution in [0.4, 0.5) is 5.69 Å². The molecular formula is C15H16N2S. The molecule has 0 fully saturated rings. The van der Waals surface area contributed by atoms with Crippen molar-refractivity contribution < 1.29 is 0 Å². The first-order chi connectivity index (χ1) is 8.63. The number of hydrogen-bond acceptors (Lipinski definition) is 3. The number of thiazole rings is 1. The van der Waals surface area contributed by atoms with Crippen molar-refractivity contribution in [1.29, 1.82) is 0 Å². The summed E-state index contributed by atoms with van der Waals surface area (Å²) in [6, 6.07) is 6.21. The lowest BCUT2D eigenvalue weighted by Crippen LogP contribution is -1.87. The molecular weight excluding hydrogens is 240 g/mol. The van der Waals surface area contributed by atoms with Crippen LogP contribution in [-0.2, 0) is 6.42 Å². The molecule has 2 nitrogen and oxygen atoms in total. The molecule has 92 valence electrons. The minimum Gasteiger partial charge on any atom is -0.399 e. The first-order valence-electron chi connectivity index (χ1n) is 6.17.